The predicted molar refractivity (Wildman–Crippen MR) is 80.7 cm³/mol. The lowest BCUT2D eigenvalue weighted by Gasteiger charge is -2.39. The largest absolute Gasteiger partial charge is 0.339 e. The van der Waals surface area contributed by atoms with Gasteiger partial charge in [0.05, 0.1) is 5.92 Å². The van der Waals surface area contributed by atoms with Gasteiger partial charge in [-0.15, -0.1) is 0 Å². The van der Waals surface area contributed by atoms with E-state index in [4.69, 9.17) is 0 Å². The van der Waals surface area contributed by atoms with E-state index in [1.807, 2.05) is 9.80 Å². The number of piperazine rings is 1. The van der Waals surface area contributed by atoms with Crippen LogP contribution >= 0.6 is 0 Å². The van der Waals surface area contributed by atoms with E-state index in [2.05, 4.69) is 5.32 Å². The average molecular weight is 293 g/mol. The van der Waals surface area contributed by atoms with Gasteiger partial charge < -0.3 is 15.1 Å². The van der Waals surface area contributed by atoms with Gasteiger partial charge in [-0.25, -0.2) is 0 Å². The second kappa shape index (κ2) is 6.77. The van der Waals surface area contributed by atoms with Crippen LogP contribution in [0.5, 0.6) is 0 Å². The lowest BCUT2D eigenvalue weighted by Crippen LogP contribution is -2.57. The average Bonchev–Trinajstić information content (AvgIpc) is 2.46. The molecule has 1 saturated carbocycles. The minimum absolute atomic E-state index is 0.175. The number of amides is 2. The summed E-state index contributed by atoms with van der Waals surface area (Å²) in [6.45, 7) is 4.51. The Morgan fingerprint density at radius 2 is 1.52 bits per heavy atom. The summed E-state index contributed by atoms with van der Waals surface area (Å²) in [6, 6.07) is 0. The zero-order valence-electron chi connectivity index (χ0n) is 12.9. The van der Waals surface area contributed by atoms with Crippen LogP contribution in [-0.2, 0) is 9.59 Å². The molecule has 5 heteroatoms. The van der Waals surface area contributed by atoms with Gasteiger partial charge in [0.2, 0.25) is 11.8 Å². The summed E-state index contributed by atoms with van der Waals surface area (Å²) in [5.74, 6) is 1.36. The normalized spacial score (nSPS) is 24.8. The fourth-order valence-corrected chi connectivity index (χ4v) is 3.67. The standard InChI is InChI=1S/C16H27N3O2/c20-15(10-13-4-2-1-3-5-13)18-6-8-19(9-7-18)16(21)14-11-17-12-14/h13-14,17H,1-12H2. The van der Waals surface area contributed by atoms with Crippen LogP contribution < -0.4 is 5.32 Å². The smallest absolute Gasteiger partial charge is 0.228 e. The maximum atomic E-state index is 12.4. The van der Waals surface area contributed by atoms with Crippen LogP contribution in [0.15, 0.2) is 0 Å². The molecule has 3 aliphatic rings. The van der Waals surface area contributed by atoms with Crippen LogP contribution in [0.25, 0.3) is 0 Å². The highest BCUT2D eigenvalue weighted by Crippen LogP contribution is 2.27. The second-order valence-corrected chi connectivity index (χ2v) is 6.77. The van der Waals surface area contributed by atoms with Crippen LogP contribution in [-0.4, -0.2) is 60.9 Å². The Hall–Kier alpha value is -1.10. The molecule has 0 bridgehead atoms. The topological polar surface area (TPSA) is 52.7 Å². The van der Waals surface area contributed by atoms with Gasteiger partial charge >= 0.3 is 0 Å². The molecule has 0 aromatic carbocycles. The highest BCUT2D eigenvalue weighted by Gasteiger charge is 2.32. The predicted octanol–water partition coefficient (Wildman–Crippen LogP) is 0.847. The zero-order valence-corrected chi connectivity index (χ0v) is 12.9. The minimum atomic E-state index is 0.175. The van der Waals surface area contributed by atoms with E-state index in [0.29, 0.717) is 24.9 Å². The Morgan fingerprint density at radius 3 is 2.10 bits per heavy atom. The molecule has 2 aliphatic heterocycles. The monoisotopic (exact) mass is 293 g/mol. The number of carbonyl (C=O) groups excluding carboxylic acids is 2. The number of hydrogen-bond acceptors (Lipinski definition) is 3. The quantitative estimate of drug-likeness (QED) is 0.839. The lowest BCUT2D eigenvalue weighted by molar-refractivity contribution is -0.143. The molecule has 0 aromatic rings. The molecule has 0 atom stereocenters. The first-order valence-corrected chi connectivity index (χ1v) is 8.51. The molecule has 1 N–H and O–H groups in total. The van der Waals surface area contributed by atoms with Crippen LogP contribution in [0.1, 0.15) is 38.5 Å². The third-order valence-electron chi connectivity index (χ3n) is 5.26. The van der Waals surface area contributed by atoms with E-state index < -0.39 is 0 Å². The Labute approximate surface area is 127 Å². The molecule has 118 valence electrons. The second-order valence-electron chi connectivity index (χ2n) is 6.77. The van der Waals surface area contributed by atoms with Crippen molar-refractivity contribution in [1.29, 1.82) is 0 Å². The van der Waals surface area contributed by atoms with E-state index in [-0.39, 0.29) is 11.8 Å². The molecule has 21 heavy (non-hydrogen) atoms. The summed E-state index contributed by atoms with van der Waals surface area (Å²) < 4.78 is 0. The van der Waals surface area contributed by atoms with Crippen molar-refractivity contribution in [3.8, 4) is 0 Å². The van der Waals surface area contributed by atoms with Gasteiger partial charge in [-0.05, 0) is 18.8 Å². The third-order valence-corrected chi connectivity index (χ3v) is 5.26. The molecule has 3 rings (SSSR count). The number of rotatable bonds is 3. The highest BCUT2D eigenvalue weighted by atomic mass is 16.2. The summed E-state index contributed by atoms with van der Waals surface area (Å²) in [5.41, 5.74) is 0. The van der Waals surface area contributed by atoms with Crippen molar-refractivity contribution < 1.29 is 9.59 Å². The lowest BCUT2D eigenvalue weighted by atomic mass is 9.86. The Morgan fingerprint density at radius 1 is 0.905 bits per heavy atom. The number of nitrogens with zero attached hydrogens (tertiary/aromatic N) is 2. The van der Waals surface area contributed by atoms with Crippen molar-refractivity contribution >= 4 is 11.8 Å². The number of nitrogens with one attached hydrogen (secondary N) is 1. The van der Waals surface area contributed by atoms with Crippen LogP contribution in [0.2, 0.25) is 0 Å². The Balaban J connectivity index is 1.42. The number of carbonyl (C=O) groups is 2. The maximum Gasteiger partial charge on any atom is 0.228 e. The molecule has 2 saturated heterocycles. The van der Waals surface area contributed by atoms with Gasteiger partial charge in [-0.1, -0.05) is 19.3 Å². The minimum Gasteiger partial charge on any atom is -0.339 e. The molecule has 0 spiro atoms. The Bertz CT molecular complexity index is 381. The van der Waals surface area contributed by atoms with Gasteiger partial charge in [0, 0.05) is 45.7 Å². The summed E-state index contributed by atoms with van der Waals surface area (Å²) in [7, 11) is 0. The number of hydrogen-bond donors (Lipinski definition) is 1. The first-order valence-electron chi connectivity index (χ1n) is 8.51. The molecule has 2 heterocycles. The van der Waals surface area contributed by atoms with Crippen LogP contribution in [0.3, 0.4) is 0 Å². The van der Waals surface area contributed by atoms with E-state index >= 15 is 0 Å². The summed E-state index contributed by atoms with van der Waals surface area (Å²) in [4.78, 5) is 28.4. The van der Waals surface area contributed by atoms with Crippen molar-refractivity contribution in [2.75, 3.05) is 39.3 Å². The van der Waals surface area contributed by atoms with Crippen molar-refractivity contribution in [3.63, 3.8) is 0 Å². The van der Waals surface area contributed by atoms with E-state index in [9.17, 15) is 9.59 Å². The highest BCUT2D eigenvalue weighted by molar-refractivity contribution is 5.81. The third kappa shape index (κ3) is 3.57. The van der Waals surface area contributed by atoms with Gasteiger partial charge in [0.1, 0.15) is 0 Å². The van der Waals surface area contributed by atoms with Crippen molar-refractivity contribution in [2.24, 2.45) is 11.8 Å². The molecule has 5 nitrogen and oxygen atoms in total. The maximum absolute atomic E-state index is 12.4. The van der Waals surface area contributed by atoms with Gasteiger partial charge in [0.15, 0.2) is 0 Å². The van der Waals surface area contributed by atoms with Gasteiger partial charge in [-0.3, -0.25) is 9.59 Å². The summed E-state index contributed by atoms with van der Waals surface area (Å²) in [6.07, 6.45) is 7.07. The molecule has 0 aromatic heterocycles. The molecular formula is C16H27N3O2. The molecule has 1 aliphatic carbocycles. The van der Waals surface area contributed by atoms with Crippen LogP contribution in [0, 0.1) is 11.8 Å². The first-order chi connectivity index (χ1) is 10.2. The summed E-state index contributed by atoms with van der Waals surface area (Å²) >= 11 is 0. The van der Waals surface area contributed by atoms with Crippen molar-refractivity contribution in [2.45, 2.75) is 38.5 Å². The van der Waals surface area contributed by atoms with E-state index in [0.717, 1.165) is 32.6 Å². The molecule has 2 amide bonds. The van der Waals surface area contributed by atoms with Crippen molar-refractivity contribution in [3.05, 3.63) is 0 Å². The Kier molecular flexibility index (Phi) is 4.78. The summed E-state index contributed by atoms with van der Waals surface area (Å²) in [5, 5.41) is 3.14. The van der Waals surface area contributed by atoms with E-state index in [1.54, 1.807) is 0 Å². The van der Waals surface area contributed by atoms with E-state index in [1.165, 1.54) is 32.1 Å². The zero-order chi connectivity index (χ0) is 14.7. The fraction of sp³-hybridized carbons (Fsp3) is 0.875. The van der Waals surface area contributed by atoms with Crippen LogP contribution in [0.4, 0.5) is 0 Å². The van der Waals surface area contributed by atoms with Gasteiger partial charge in [0.25, 0.3) is 0 Å². The molecule has 0 unspecified atom stereocenters. The molecule has 3 fully saturated rings. The molecular weight excluding hydrogens is 266 g/mol. The first kappa shape index (κ1) is 14.8. The SMILES string of the molecule is O=C(CC1CCCCC1)N1CCN(C(=O)C2CNC2)CC1. The fourth-order valence-electron chi connectivity index (χ4n) is 3.67. The van der Waals surface area contributed by atoms with Crippen molar-refractivity contribution in [1.82, 2.24) is 15.1 Å². The van der Waals surface area contributed by atoms with Gasteiger partial charge in [-0.2, -0.15) is 0 Å². The molecule has 0 radical (unpaired) electrons.